The number of rotatable bonds is 5. The molecule has 2 aromatic rings. The van der Waals surface area contributed by atoms with Gasteiger partial charge in [0.1, 0.15) is 5.78 Å². The van der Waals surface area contributed by atoms with Gasteiger partial charge in [-0.15, -0.1) is 0 Å². The molecule has 5 heteroatoms. The van der Waals surface area contributed by atoms with Gasteiger partial charge in [0.05, 0.1) is 6.61 Å². The maximum absolute atomic E-state index is 14.0. The van der Waals surface area contributed by atoms with E-state index in [0.717, 1.165) is 11.1 Å². The van der Waals surface area contributed by atoms with Crippen molar-refractivity contribution in [1.29, 1.82) is 0 Å². The molecule has 0 aromatic heterocycles. The fraction of sp³-hybridized carbons (Fsp3) is 0.400. The minimum Gasteiger partial charge on any atom is -0.465 e. The molecule has 1 saturated carbocycles. The van der Waals surface area contributed by atoms with Crippen LogP contribution >= 0.6 is 0 Å². The SMILES string of the molecule is CCOC(=O)[C@@]12CCC(=O)C[C@]1(c1ccccc1)CCN(Cc1ccccc1)C2=O. The average molecular weight is 405 g/mol. The first-order valence-corrected chi connectivity index (χ1v) is 10.6. The van der Waals surface area contributed by atoms with E-state index in [1.54, 1.807) is 11.8 Å². The molecule has 2 aliphatic rings. The Hall–Kier alpha value is -2.95. The number of ether oxygens (including phenoxy) is 1. The number of hydrogen-bond acceptors (Lipinski definition) is 4. The summed E-state index contributed by atoms with van der Waals surface area (Å²) in [6, 6.07) is 19.4. The van der Waals surface area contributed by atoms with Crippen LogP contribution in [0.3, 0.4) is 0 Å². The minimum absolute atomic E-state index is 0.100. The maximum atomic E-state index is 14.0. The van der Waals surface area contributed by atoms with Crippen LogP contribution in [-0.2, 0) is 31.1 Å². The molecule has 2 aromatic carbocycles. The summed E-state index contributed by atoms with van der Waals surface area (Å²) in [6.45, 7) is 2.89. The van der Waals surface area contributed by atoms with Crippen LogP contribution in [0.25, 0.3) is 0 Å². The fourth-order valence-electron chi connectivity index (χ4n) is 5.30. The third-order valence-corrected chi connectivity index (χ3v) is 6.72. The Morgan fingerprint density at radius 1 is 1.00 bits per heavy atom. The Balaban J connectivity index is 1.82. The lowest BCUT2D eigenvalue weighted by molar-refractivity contribution is -0.181. The molecule has 0 spiro atoms. The lowest BCUT2D eigenvalue weighted by Gasteiger charge is -2.55. The van der Waals surface area contributed by atoms with E-state index >= 15 is 0 Å². The summed E-state index contributed by atoms with van der Waals surface area (Å²) in [5.74, 6) is -0.611. The molecule has 2 fully saturated rings. The van der Waals surface area contributed by atoms with Crippen molar-refractivity contribution >= 4 is 17.7 Å². The highest BCUT2D eigenvalue weighted by molar-refractivity contribution is 6.07. The van der Waals surface area contributed by atoms with Crippen LogP contribution in [0.2, 0.25) is 0 Å². The number of piperidine rings is 1. The molecule has 0 radical (unpaired) electrons. The Bertz CT molecular complexity index is 942. The topological polar surface area (TPSA) is 63.7 Å². The van der Waals surface area contributed by atoms with E-state index in [-0.39, 0.29) is 37.6 Å². The number of Topliss-reactive ketones (excluding diaryl/α,β-unsaturated/α-hetero) is 1. The normalized spacial score (nSPS) is 26.2. The number of benzene rings is 2. The second kappa shape index (κ2) is 8.05. The molecule has 1 aliphatic heterocycles. The zero-order valence-corrected chi connectivity index (χ0v) is 17.3. The largest absolute Gasteiger partial charge is 0.465 e. The zero-order chi connectivity index (χ0) is 21.2. The van der Waals surface area contributed by atoms with E-state index in [4.69, 9.17) is 4.74 Å². The lowest BCUT2D eigenvalue weighted by Crippen LogP contribution is -2.67. The number of likely N-dealkylation sites (tertiary alicyclic amines) is 1. The highest BCUT2D eigenvalue weighted by Gasteiger charge is 2.68. The molecule has 4 rings (SSSR count). The summed E-state index contributed by atoms with van der Waals surface area (Å²) >= 11 is 0. The van der Waals surface area contributed by atoms with E-state index in [1.807, 2.05) is 60.7 Å². The molecule has 0 unspecified atom stereocenters. The number of nitrogens with zero attached hydrogens (tertiary/aromatic N) is 1. The summed E-state index contributed by atoms with van der Waals surface area (Å²) < 4.78 is 5.49. The van der Waals surface area contributed by atoms with Gasteiger partial charge in [-0.2, -0.15) is 0 Å². The van der Waals surface area contributed by atoms with Crippen molar-refractivity contribution in [3.8, 4) is 0 Å². The molecule has 0 N–H and O–H groups in total. The predicted molar refractivity (Wildman–Crippen MR) is 113 cm³/mol. The first-order valence-electron chi connectivity index (χ1n) is 10.6. The van der Waals surface area contributed by atoms with Crippen LogP contribution < -0.4 is 0 Å². The molecule has 1 amide bonds. The summed E-state index contributed by atoms with van der Waals surface area (Å²) in [6.07, 6.45) is 1.17. The number of esters is 1. The van der Waals surface area contributed by atoms with E-state index in [1.165, 1.54) is 0 Å². The molecule has 5 nitrogen and oxygen atoms in total. The van der Waals surface area contributed by atoms with Crippen molar-refractivity contribution in [3.05, 3.63) is 71.8 Å². The number of carbonyl (C=O) groups is 3. The van der Waals surface area contributed by atoms with Crippen LogP contribution in [0.4, 0.5) is 0 Å². The van der Waals surface area contributed by atoms with Gasteiger partial charge >= 0.3 is 5.97 Å². The third kappa shape index (κ3) is 3.13. The maximum Gasteiger partial charge on any atom is 0.322 e. The van der Waals surface area contributed by atoms with Crippen molar-refractivity contribution < 1.29 is 19.1 Å². The predicted octanol–water partition coefficient (Wildman–Crippen LogP) is 3.66. The zero-order valence-electron chi connectivity index (χ0n) is 17.3. The monoisotopic (exact) mass is 405 g/mol. The van der Waals surface area contributed by atoms with Gasteiger partial charge in [-0.05, 0) is 30.9 Å². The molecular formula is C25H27NO4. The number of carbonyl (C=O) groups excluding carboxylic acids is 3. The van der Waals surface area contributed by atoms with E-state index in [9.17, 15) is 14.4 Å². The van der Waals surface area contributed by atoms with Crippen LogP contribution in [0.1, 0.15) is 43.7 Å². The first-order chi connectivity index (χ1) is 14.5. The van der Waals surface area contributed by atoms with Crippen LogP contribution in [-0.4, -0.2) is 35.7 Å². The Morgan fingerprint density at radius 3 is 2.33 bits per heavy atom. The van der Waals surface area contributed by atoms with Gasteiger partial charge in [-0.25, -0.2) is 0 Å². The molecular weight excluding hydrogens is 378 g/mol. The van der Waals surface area contributed by atoms with E-state index < -0.39 is 16.8 Å². The summed E-state index contributed by atoms with van der Waals surface area (Å²) in [5.41, 5.74) is -0.339. The molecule has 1 aliphatic carbocycles. The van der Waals surface area contributed by atoms with Gasteiger partial charge in [-0.1, -0.05) is 60.7 Å². The van der Waals surface area contributed by atoms with Crippen molar-refractivity contribution in [1.82, 2.24) is 4.90 Å². The highest BCUT2D eigenvalue weighted by atomic mass is 16.5. The third-order valence-electron chi connectivity index (χ3n) is 6.72. The quantitative estimate of drug-likeness (QED) is 0.563. The highest BCUT2D eigenvalue weighted by Crippen LogP contribution is 2.57. The molecule has 0 bridgehead atoms. The summed E-state index contributed by atoms with van der Waals surface area (Å²) in [7, 11) is 0. The van der Waals surface area contributed by atoms with E-state index in [2.05, 4.69) is 0 Å². The second-order valence-electron chi connectivity index (χ2n) is 8.25. The number of fused-ring (bicyclic) bond motifs is 1. The van der Waals surface area contributed by atoms with Crippen molar-refractivity contribution in [3.63, 3.8) is 0 Å². The van der Waals surface area contributed by atoms with E-state index in [0.29, 0.717) is 19.5 Å². The van der Waals surface area contributed by atoms with Gasteiger partial charge in [0, 0.05) is 31.3 Å². The number of hydrogen-bond donors (Lipinski definition) is 0. The van der Waals surface area contributed by atoms with Gasteiger partial charge in [0.15, 0.2) is 5.41 Å². The Morgan fingerprint density at radius 2 is 1.67 bits per heavy atom. The molecule has 2 atom stereocenters. The van der Waals surface area contributed by atoms with Crippen LogP contribution in [0, 0.1) is 5.41 Å². The fourth-order valence-corrected chi connectivity index (χ4v) is 5.30. The standard InChI is InChI=1S/C25H27NO4/c1-2-30-23(29)25-14-13-21(27)17-24(25,20-11-7-4-8-12-20)15-16-26(22(25)28)18-19-9-5-3-6-10-19/h3-12H,2,13-18H2,1H3/t24-,25-/m0/s1. The van der Waals surface area contributed by atoms with Gasteiger partial charge in [0.25, 0.3) is 0 Å². The minimum atomic E-state index is -1.37. The second-order valence-corrected chi connectivity index (χ2v) is 8.25. The average Bonchev–Trinajstić information content (AvgIpc) is 2.77. The van der Waals surface area contributed by atoms with Crippen molar-refractivity contribution in [2.24, 2.45) is 5.41 Å². The summed E-state index contributed by atoms with van der Waals surface area (Å²) in [5, 5.41) is 0. The Labute approximate surface area is 177 Å². The Kier molecular flexibility index (Phi) is 5.46. The first kappa shape index (κ1) is 20.3. The van der Waals surface area contributed by atoms with Gasteiger partial charge in [0.2, 0.25) is 5.91 Å². The molecule has 1 heterocycles. The van der Waals surface area contributed by atoms with Crippen LogP contribution in [0.15, 0.2) is 60.7 Å². The molecule has 156 valence electrons. The lowest BCUT2D eigenvalue weighted by atomic mass is 9.49. The van der Waals surface area contributed by atoms with Gasteiger partial charge < -0.3 is 9.64 Å². The van der Waals surface area contributed by atoms with Gasteiger partial charge in [-0.3, -0.25) is 14.4 Å². The smallest absolute Gasteiger partial charge is 0.322 e. The molecule has 30 heavy (non-hydrogen) atoms. The number of amides is 1. The summed E-state index contributed by atoms with van der Waals surface area (Å²) in [4.78, 5) is 41.9. The van der Waals surface area contributed by atoms with Crippen LogP contribution in [0.5, 0.6) is 0 Å². The molecule has 1 saturated heterocycles. The van der Waals surface area contributed by atoms with Crippen molar-refractivity contribution in [2.45, 2.75) is 44.6 Å². The van der Waals surface area contributed by atoms with Crippen molar-refractivity contribution in [2.75, 3.05) is 13.2 Å². The number of ketones is 1.